The van der Waals surface area contributed by atoms with Crippen LogP contribution in [0.2, 0.25) is 0 Å². The van der Waals surface area contributed by atoms with Crippen molar-refractivity contribution >= 4 is 15.9 Å². The van der Waals surface area contributed by atoms with Crippen molar-refractivity contribution < 1.29 is 13.2 Å². The van der Waals surface area contributed by atoms with Crippen LogP contribution >= 0.6 is 0 Å². The Hall–Kier alpha value is -1.04. The molecule has 1 N–H and O–H groups in total. The van der Waals surface area contributed by atoms with Gasteiger partial charge in [-0.25, -0.2) is 13.2 Å². The highest BCUT2D eigenvalue weighted by Gasteiger charge is 2.33. The third-order valence-corrected chi connectivity index (χ3v) is 6.42. The minimum atomic E-state index is -2.97. The molecule has 2 amide bonds. The zero-order chi connectivity index (χ0) is 15.5. The minimum absolute atomic E-state index is 0.0968. The lowest BCUT2D eigenvalue weighted by atomic mass is 10.0. The van der Waals surface area contributed by atoms with Crippen molar-refractivity contribution in [2.75, 3.05) is 18.1 Å². The van der Waals surface area contributed by atoms with Crippen molar-refractivity contribution in [3.8, 4) is 0 Å². The summed E-state index contributed by atoms with van der Waals surface area (Å²) in [4.78, 5) is 13.9. The van der Waals surface area contributed by atoms with E-state index in [1.165, 1.54) is 31.3 Å². The maximum atomic E-state index is 12.3. The molecule has 1 atom stereocenters. The maximum absolute atomic E-state index is 12.3. The van der Waals surface area contributed by atoms with E-state index in [9.17, 15) is 13.2 Å². The first-order valence-corrected chi connectivity index (χ1v) is 9.69. The fourth-order valence-electron chi connectivity index (χ4n) is 3.35. The van der Waals surface area contributed by atoms with Crippen LogP contribution in [0.3, 0.4) is 0 Å². The molecule has 0 aromatic carbocycles. The first-order chi connectivity index (χ1) is 9.93. The average molecular weight is 314 g/mol. The van der Waals surface area contributed by atoms with E-state index in [2.05, 4.69) is 12.2 Å². The molecule has 1 unspecified atom stereocenters. The van der Waals surface area contributed by atoms with Crippen molar-refractivity contribution in [1.29, 1.82) is 0 Å². The number of allylic oxidation sites excluding steroid dienone is 1. The second-order valence-corrected chi connectivity index (χ2v) is 8.39. The third-order valence-electron chi connectivity index (χ3n) is 4.67. The van der Waals surface area contributed by atoms with Crippen molar-refractivity contribution in [1.82, 2.24) is 10.2 Å². The topological polar surface area (TPSA) is 66.5 Å². The molecule has 0 radical (unpaired) electrons. The van der Waals surface area contributed by atoms with Crippen LogP contribution in [0.4, 0.5) is 4.79 Å². The Morgan fingerprint density at radius 3 is 2.48 bits per heavy atom. The Balaban J connectivity index is 1.92. The highest BCUT2D eigenvalue weighted by molar-refractivity contribution is 7.91. The summed E-state index contributed by atoms with van der Waals surface area (Å²) < 4.78 is 23.1. The van der Waals surface area contributed by atoms with Gasteiger partial charge in [-0.05, 0) is 39.0 Å². The van der Waals surface area contributed by atoms with Gasteiger partial charge in [-0.1, -0.05) is 18.4 Å². The normalized spacial score (nSPS) is 26.0. The summed E-state index contributed by atoms with van der Waals surface area (Å²) in [5.41, 5.74) is 1.22. The summed E-state index contributed by atoms with van der Waals surface area (Å²) in [6.45, 7) is 4.48. The van der Waals surface area contributed by atoms with Gasteiger partial charge in [0, 0.05) is 18.8 Å². The van der Waals surface area contributed by atoms with E-state index in [1.807, 2.05) is 13.1 Å². The molecule has 120 valence electrons. The molecule has 21 heavy (non-hydrogen) atoms. The predicted molar refractivity (Wildman–Crippen MR) is 83.7 cm³/mol. The molecule has 1 aliphatic carbocycles. The minimum Gasteiger partial charge on any atom is -0.321 e. The third kappa shape index (κ3) is 4.22. The van der Waals surface area contributed by atoms with Crippen LogP contribution in [-0.4, -0.2) is 43.4 Å². The van der Waals surface area contributed by atoms with Gasteiger partial charge in [0.05, 0.1) is 11.5 Å². The molecule has 0 aromatic heterocycles. The number of hydrogen-bond acceptors (Lipinski definition) is 3. The lowest BCUT2D eigenvalue weighted by Gasteiger charge is -2.26. The van der Waals surface area contributed by atoms with Crippen molar-refractivity contribution in [2.45, 2.75) is 52.0 Å². The smallest absolute Gasteiger partial charge is 0.321 e. The Morgan fingerprint density at radius 1 is 1.29 bits per heavy atom. The molecular formula is C15H26N2O3S. The van der Waals surface area contributed by atoms with Crippen LogP contribution in [0.5, 0.6) is 0 Å². The molecule has 0 spiro atoms. The number of sulfone groups is 1. The molecule has 2 fully saturated rings. The van der Waals surface area contributed by atoms with E-state index in [-0.39, 0.29) is 23.6 Å². The fourth-order valence-corrected chi connectivity index (χ4v) is 5.08. The molecule has 2 aliphatic rings. The van der Waals surface area contributed by atoms with Gasteiger partial charge in [-0.3, -0.25) is 0 Å². The van der Waals surface area contributed by atoms with E-state index >= 15 is 0 Å². The van der Waals surface area contributed by atoms with E-state index in [4.69, 9.17) is 0 Å². The molecular weight excluding hydrogens is 288 g/mol. The summed E-state index contributed by atoms with van der Waals surface area (Å²) in [5, 5.41) is 2.84. The summed E-state index contributed by atoms with van der Waals surface area (Å²) in [6.07, 6.45) is 7.31. The van der Waals surface area contributed by atoms with Crippen molar-refractivity contribution in [3.63, 3.8) is 0 Å². The molecule has 1 heterocycles. The summed E-state index contributed by atoms with van der Waals surface area (Å²) >= 11 is 0. The monoisotopic (exact) mass is 314 g/mol. The number of amides is 2. The van der Waals surface area contributed by atoms with Crippen LogP contribution in [0.1, 0.15) is 46.0 Å². The Kier molecular flexibility index (Phi) is 5.30. The highest BCUT2D eigenvalue weighted by Crippen LogP contribution is 2.30. The number of carbonyl (C=O) groups excluding carboxylic acids is 1. The van der Waals surface area contributed by atoms with E-state index in [0.29, 0.717) is 18.9 Å². The van der Waals surface area contributed by atoms with Gasteiger partial charge in [-0.2, -0.15) is 0 Å². The molecule has 2 rings (SSSR count). The first kappa shape index (κ1) is 16.3. The highest BCUT2D eigenvalue weighted by atomic mass is 32.2. The van der Waals surface area contributed by atoms with Gasteiger partial charge < -0.3 is 10.2 Å². The molecule has 0 bridgehead atoms. The first-order valence-electron chi connectivity index (χ1n) is 7.87. The van der Waals surface area contributed by atoms with Crippen molar-refractivity contribution in [2.24, 2.45) is 5.92 Å². The van der Waals surface area contributed by atoms with Crippen LogP contribution in [0, 0.1) is 5.92 Å². The van der Waals surface area contributed by atoms with Crippen LogP contribution in [0.25, 0.3) is 0 Å². The largest absolute Gasteiger partial charge is 0.321 e. The lowest BCUT2D eigenvalue weighted by molar-refractivity contribution is 0.187. The number of carbonyl (C=O) groups is 1. The second-order valence-electron chi connectivity index (χ2n) is 6.16. The Labute approximate surface area is 127 Å². The number of nitrogens with zero attached hydrogens (tertiary/aromatic N) is 1. The number of nitrogens with one attached hydrogen (secondary N) is 1. The lowest BCUT2D eigenvalue weighted by Crippen LogP contribution is -2.45. The summed E-state index contributed by atoms with van der Waals surface area (Å²) in [5.74, 6) is 0.880. The standard InChI is InChI=1S/C15H26N2O3S/c1-3-17(14-8-9-21(19,20)11-14)15(18)16-10-12(2)13-6-4-5-7-13/h10,13-14H,3-9,11H2,1-2H3,(H,16,18)/b12-10+. The van der Waals surface area contributed by atoms with Gasteiger partial charge in [0.25, 0.3) is 0 Å². The molecule has 1 saturated heterocycles. The van der Waals surface area contributed by atoms with Gasteiger partial charge in [0.1, 0.15) is 0 Å². The van der Waals surface area contributed by atoms with Crippen molar-refractivity contribution in [3.05, 3.63) is 11.8 Å². The van der Waals surface area contributed by atoms with Gasteiger partial charge in [-0.15, -0.1) is 0 Å². The van der Waals surface area contributed by atoms with Crippen LogP contribution < -0.4 is 5.32 Å². The van der Waals surface area contributed by atoms with Gasteiger partial charge >= 0.3 is 6.03 Å². The number of hydrogen-bond donors (Lipinski definition) is 1. The molecule has 5 nitrogen and oxygen atoms in total. The van der Waals surface area contributed by atoms with Gasteiger partial charge in [0.2, 0.25) is 0 Å². The molecule has 6 heteroatoms. The van der Waals surface area contributed by atoms with E-state index < -0.39 is 9.84 Å². The predicted octanol–water partition coefficient (Wildman–Crippen LogP) is 2.30. The maximum Gasteiger partial charge on any atom is 0.321 e. The number of rotatable bonds is 4. The number of urea groups is 1. The van der Waals surface area contributed by atoms with Crippen LogP contribution in [-0.2, 0) is 9.84 Å². The van der Waals surface area contributed by atoms with Crippen LogP contribution in [0.15, 0.2) is 11.8 Å². The van der Waals surface area contributed by atoms with E-state index in [0.717, 1.165) is 0 Å². The molecule has 1 saturated carbocycles. The Bertz CT molecular complexity index is 507. The summed E-state index contributed by atoms with van der Waals surface area (Å²) in [6, 6.07) is -0.364. The average Bonchev–Trinajstić information content (AvgIpc) is 3.06. The zero-order valence-electron chi connectivity index (χ0n) is 13.0. The summed E-state index contributed by atoms with van der Waals surface area (Å²) in [7, 11) is -2.97. The Morgan fingerprint density at radius 2 is 1.95 bits per heavy atom. The van der Waals surface area contributed by atoms with E-state index in [1.54, 1.807) is 4.90 Å². The molecule has 1 aliphatic heterocycles. The zero-order valence-corrected chi connectivity index (χ0v) is 13.8. The molecule has 0 aromatic rings. The quantitative estimate of drug-likeness (QED) is 0.866. The van der Waals surface area contributed by atoms with Gasteiger partial charge in [0.15, 0.2) is 9.84 Å². The second kappa shape index (κ2) is 6.81. The SMILES string of the molecule is CCN(C(=O)N/C=C(\C)C1CCCC1)C1CCS(=O)(=O)C1. The fraction of sp³-hybridized carbons (Fsp3) is 0.800.